The average molecular weight is 305 g/mol. The Labute approximate surface area is 130 Å². The van der Waals surface area contributed by atoms with Crippen LogP contribution in [0.2, 0.25) is 0 Å². The Morgan fingerprint density at radius 1 is 1.55 bits per heavy atom. The maximum absolute atomic E-state index is 12.7. The van der Waals surface area contributed by atoms with Crippen LogP contribution in [0.3, 0.4) is 0 Å². The van der Waals surface area contributed by atoms with E-state index in [1.807, 2.05) is 11.8 Å². The quantitative estimate of drug-likeness (QED) is 0.844. The van der Waals surface area contributed by atoms with Crippen molar-refractivity contribution in [3.8, 4) is 0 Å². The van der Waals surface area contributed by atoms with Crippen molar-refractivity contribution in [3.05, 3.63) is 24.0 Å². The minimum Gasteiger partial charge on any atom is -0.381 e. The maximum Gasteiger partial charge on any atom is 0.255 e. The van der Waals surface area contributed by atoms with Gasteiger partial charge < -0.3 is 14.4 Å². The average Bonchev–Trinajstić information content (AvgIpc) is 2.59. The van der Waals surface area contributed by atoms with Crippen LogP contribution in [0.25, 0.3) is 0 Å². The lowest BCUT2D eigenvalue weighted by Crippen LogP contribution is -2.58. The number of nitrogens with zero attached hydrogens (tertiary/aromatic N) is 3. The van der Waals surface area contributed by atoms with E-state index in [1.165, 1.54) is 6.20 Å². The molecule has 0 radical (unpaired) electrons. The molecule has 120 valence electrons. The summed E-state index contributed by atoms with van der Waals surface area (Å²) < 4.78 is 11.7. The summed E-state index contributed by atoms with van der Waals surface area (Å²) in [5.41, 5.74) is 0.527. The van der Waals surface area contributed by atoms with E-state index in [9.17, 15) is 4.79 Å². The zero-order valence-corrected chi connectivity index (χ0v) is 13.0. The van der Waals surface area contributed by atoms with Gasteiger partial charge in [0.25, 0.3) is 5.91 Å². The number of likely N-dealkylation sites (tertiary alicyclic amines) is 1. The molecule has 22 heavy (non-hydrogen) atoms. The van der Waals surface area contributed by atoms with Gasteiger partial charge in [0, 0.05) is 31.7 Å². The first-order valence-corrected chi connectivity index (χ1v) is 8.00. The molecule has 1 amide bonds. The summed E-state index contributed by atoms with van der Waals surface area (Å²) in [5.74, 6) is 0.0230. The third-order valence-corrected chi connectivity index (χ3v) is 4.70. The predicted octanol–water partition coefficient (Wildman–Crippen LogP) is 1.52. The second-order valence-corrected chi connectivity index (χ2v) is 6.11. The fourth-order valence-corrected chi connectivity index (χ4v) is 3.58. The number of piperidine rings is 1. The molecule has 3 rings (SSSR count). The van der Waals surface area contributed by atoms with Crippen LogP contribution in [-0.2, 0) is 9.47 Å². The monoisotopic (exact) mass is 305 g/mol. The molecule has 0 saturated carbocycles. The molecule has 2 aliphatic heterocycles. The van der Waals surface area contributed by atoms with Crippen LogP contribution in [0.5, 0.6) is 0 Å². The first-order chi connectivity index (χ1) is 10.7. The molecule has 0 N–H and O–H groups in total. The molecule has 6 nitrogen and oxygen atoms in total. The second-order valence-electron chi connectivity index (χ2n) is 6.11. The molecule has 0 spiro atoms. The molecule has 6 heteroatoms. The van der Waals surface area contributed by atoms with Gasteiger partial charge in [-0.05, 0) is 32.3 Å². The zero-order valence-electron chi connectivity index (χ0n) is 13.0. The number of fused-ring (bicyclic) bond motifs is 1. The van der Waals surface area contributed by atoms with Gasteiger partial charge in [-0.2, -0.15) is 10.2 Å². The lowest BCUT2D eigenvalue weighted by atomic mass is 9.73. The van der Waals surface area contributed by atoms with Gasteiger partial charge in [-0.25, -0.2) is 0 Å². The van der Waals surface area contributed by atoms with Crippen LogP contribution in [-0.4, -0.2) is 60.0 Å². The van der Waals surface area contributed by atoms with Crippen LogP contribution >= 0.6 is 0 Å². The Morgan fingerprint density at radius 3 is 3.23 bits per heavy atom. The van der Waals surface area contributed by atoms with Crippen LogP contribution in [0, 0.1) is 5.41 Å². The second kappa shape index (κ2) is 6.71. The molecule has 2 saturated heterocycles. The largest absolute Gasteiger partial charge is 0.381 e. The van der Waals surface area contributed by atoms with Gasteiger partial charge >= 0.3 is 0 Å². The van der Waals surface area contributed by atoms with Crippen LogP contribution < -0.4 is 0 Å². The summed E-state index contributed by atoms with van der Waals surface area (Å²) in [7, 11) is 0. The third-order valence-electron chi connectivity index (χ3n) is 4.70. The smallest absolute Gasteiger partial charge is 0.255 e. The van der Waals surface area contributed by atoms with Gasteiger partial charge in [0.05, 0.1) is 30.7 Å². The van der Waals surface area contributed by atoms with Gasteiger partial charge in [-0.1, -0.05) is 0 Å². The van der Waals surface area contributed by atoms with E-state index >= 15 is 0 Å². The van der Waals surface area contributed by atoms with E-state index in [0.29, 0.717) is 25.3 Å². The minimum atomic E-state index is -0.0668. The van der Waals surface area contributed by atoms with E-state index in [4.69, 9.17) is 9.47 Å². The summed E-state index contributed by atoms with van der Waals surface area (Å²) in [5, 5.41) is 7.53. The number of carbonyl (C=O) groups excluding carboxylic acids is 1. The number of aromatic nitrogens is 2. The molecule has 1 aromatic heterocycles. The molecule has 0 bridgehead atoms. The lowest BCUT2D eigenvalue weighted by Gasteiger charge is -2.50. The van der Waals surface area contributed by atoms with Crippen molar-refractivity contribution in [2.24, 2.45) is 5.41 Å². The van der Waals surface area contributed by atoms with Crippen LogP contribution in [0.4, 0.5) is 0 Å². The molecule has 0 unspecified atom stereocenters. The summed E-state index contributed by atoms with van der Waals surface area (Å²) in [4.78, 5) is 14.6. The first-order valence-electron chi connectivity index (χ1n) is 8.00. The number of rotatable bonds is 4. The fraction of sp³-hybridized carbons (Fsp3) is 0.688. The lowest BCUT2D eigenvalue weighted by molar-refractivity contribution is -0.146. The molecule has 0 aromatic carbocycles. The fourth-order valence-electron chi connectivity index (χ4n) is 3.58. The van der Waals surface area contributed by atoms with E-state index in [1.54, 1.807) is 12.3 Å². The van der Waals surface area contributed by atoms with Gasteiger partial charge in [0.2, 0.25) is 0 Å². The van der Waals surface area contributed by atoms with Gasteiger partial charge in [-0.3, -0.25) is 4.79 Å². The predicted molar refractivity (Wildman–Crippen MR) is 80.5 cm³/mol. The summed E-state index contributed by atoms with van der Waals surface area (Å²) in [6, 6.07) is 1.72. The highest BCUT2D eigenvalue weighted by molar-refractivity contribution is 5.93. The molecular weight excluding hydrogens is 282 g/mol. The molecule has 1 aromatic rings. The number of carbonyl (C=O) groups is 1. The van der Waals surface area contributed by atoms with Crippen molar-refractivity contribution in [1.82, 2.24) is 15.1 Å². The highest BCUT2D eigenvalue weighted by Gasteiger charge is 2.47. The highest BCUT2D eigenvalue weighted by Crippen LogP contribution is 2.40. The SMILES string of the molecule is CCOC[C@@]12CCCO[C@H]1CCN(C(=O)c1ccnnc1)C2. The van der Waals surface area contributed by atoms with Crippen LogP contribution in [0.15, 0.2) is 18.5 Å². The Hall–Kier alpha value is -1.53. The highest BCUT2D eigenvalue weighted by atomic mass is 16.5. The topological polar surface area (TPSA) is 64.6 Å². The maximum atomic E-state index is 12.7. The van der Waals surface area contributed by atoms with E-state index < -0.39 is 0 Å². The Bertz CT molecular complexity index is 511. The number of ether oxygens (including phenoxy) is 2. The molecule has 2 aliphatic rings. The molecule has 0 aliphatic carbocycles. The first kappa shape index (κ1) is 15.4. The minimum absolute atomic E-state index is 0.0230. The summed E-state index contributed by atoms with van der Waals surface area (Å²) in [6.07, 6.45) is 6.24. The Morgan fingerprint density at radius 2 is 2.45 bits per heavy atom. The van der Waals surface area contributed by atoms with Crippen molar-refractivity contribution in [1.29, 1.82) is 0 Å². The Balaban J connectivity index is 1.76. The summed E-state index contributed by atoms with van der Waals surface area (Å²) >= 11 is 0. The number of hydrogen-bond donors (Lipinski definition) is 0. The molecule has 2 atom stereocenters. The van der Waals surface area contributed by atoms with Crippen molar-refractivity contribution in [3.63, 3.8) is 0 Å². The molecule has 2 fully saturated rings. The van der Waals surface area contributed by atoms with Gasteiger partial charge in [0.15, 0.2) is 0 Å². The zero-order chi connectivity index (χ0) is 15.4. The number of amides is 1. The van der Waals surface area contributed by atoms with Crippen molar-refractivity contribution in [2.45, 2.75) is 32.3 Å². The van der Waals surface area contributed by atoms with Crippen LogP contribution in [0.1, 0.15) is 36.5 Å². The molecule has 3 heterocycles. The van der Waals surface area contributed by atoms with E-state index in [0.717, 1.165) is 32.4 Å². The molecular formula is C16H23N3O3. The standard InChI is InChI=1S/C16H23N3O3/c1-2-21-12-16-6-3-9-22-14(16)5-8-19(11-16)15(20)13-4-7-17-18-10-13/h4,7,10,14H,2-3,5-6,8-9,11-12H2,1H3/t14-,16-/m0/s1. The normalized spacial score (nSPS) is 28.2. The van der Waals surface area contributed by atoms with Crippen molar-refractivity contribution < 1.29 is 14.3 Å². The number of hydrogen-bond acceptors (Lipinski definition) is 5. The van der Waals surface area contributed by atoms with Gasteiger partial charge in [0.1, 0.15) is 0 Å². The Kier molecular flexibility index (Phi) is 4.69. The van der Waals surface area contributed by atoms with E-state index in [-0.39, 0.29) is 17.4 Å². The van der Waals surface area contributed by atoms with Crippen molar-refractivity contribution in [2.75, 3.05) is 32.9 Å². The van der Waals surface area contributed by atoms with E-state index in [2.05, 4.69) is 10.2 Å². The van der Waals surface area contributed by atoms with Crippen molar-refractivity contribution >= 4 is 5.91 Å². The third kappa shape index (κ3) is 2.98. The van der Waals surface area contributed by atoms with Gasteiger partial charge in [-0.15, -0.1) is 0 Å². The summed E-state index contributed by atoms with van der Waals surface area (Å²) in [6.45, 7) is 5.59.